The van der Waals surface area contributed by atoms with Crippen molar-refractivity contribution in [3.63, 3.8) is 0 Å². The molecule has 0 aliphatic carbocycles. The molecule has 0 radical (unpaired) electrons. The quantitative estimate of drug-likeness (QED) is 0.0916. The molecule has 0 atom stereocenters. The zero-order valence-electron chi connectivity index (χ0n) is 13.0. The van der Waals surface area contributed by atoms with E-state index in [1.54, 1.807) is 0 Å². The van der Waals surface area contributed by atoms with Crippen molar-refractivity contribution in [3.05, 3.63) is 0 Å². The van der Waals surface area contributed by atoms with Gasteiger partial charge in [-0.2, -0.15) is 29.4 Å². The van der Waals surface area contributed by atoms with E-state index in [-0.39, 0.29) is 139 Å². The second kappa shape index (κ2) is 50.4. The molecule has 0 unspecified atom stereocenters. The molecule has 0 spiro atoms. The normalized spacial score (nSPS) is 6.04. The van der Waals surface area contributed by atoms with E-state index in [0.29, 0.717) is 0 Å². The van der Waals surface area contributed by atoms with Gasteiger partial charge >= 0.3 is 16.3 Å². The van der Waals surface area contributed by atoms with Crippen LogP contribution in [-0.4, -0.2) is 62.3 Å². The van der Waals surface area contributed by atoms with Gasteiger partial charge in [0.05, 0.1) is 0 Å². The Morgan fingerprint density at radius 3 is 0.625 bits per heavy atom. The zero-order valence-corrected chi connectivity index (χ0v) is 32.6. The second-order valence-electron chi connectivity index (χ2n) is 1.55. The molecule has 0 saturated heterocycles. The summed E-state index contributed by atoms with van der Waals surface area (Å²) in [4.78, 5) is 69.9. The van der Waals surface area contributed by atoms with Gasteiger partial charge in [0.15, 0.2) is 0 Å². The van der Waals surface area contributed by atoms with Gasteiger partial charge in [-0.25, -0.2) is 0 Å². The molecule has 0 aliphatic heterocycles. The third kappa shape index (κ3) is 1200. The number of phosphoric acid groups is 2. The first-order valence-electron chi connectivity index (χ1n) is 2.49. The average Bonchev–Trinajstić information content (AvgIpc) is 1.45. The molecule has 0 aromatic carbocycles. The maximum absolute atomic E-state index is 9.00. The van der Waals surface area contributed by atoms with Crippen LogP contribution in [0.1, 0.15) is 6.92 Å². The van der Waals surface area contributed by atoms with Crippen LogP contribution in [0.4, 0.5) is 0 Å². The number of hydrogen-bond donors (Lipinski definition) is 7. The first kappa shape index (κ1) is 91.6. The van der Waals surface area contributed by atoms with Crippen LogP contribution in [-0.2, 0) is 122 Å². The molecule has 0 aliphatic rings. The summed E-state index contributed by atoms with van der Waals surface area (Å²) in [6, 6.07) is 0. The largest absolute Gasteiger partial charge is 0.606 e. The first-order chi connectivity index (χ1) is 5.73. The Balaban J connectivity index is -0.00000000571. The van der Waals surface area contributed by atoms with Crippen LogP contribution in [0.15, 0.2) is 0 Å². The summed E-state index contributed by atoms with van der Waals surface area (Å²) >= 11 is 0. The summed E-state index contributed by atoms with van der Waals surface area (Å²) < 4.78 is 0. The van der Waals surface area contributed by atoms with Gasteiger partial charge in [0.1, 0.15) is 0 Å². The van der Waals surface area contributed by atoms with Gasteiger partial charge in [-0.1, -0.05) is 0 Å². The molecule has 0 amide bonds. The molecule has 0 saturated carbocycles. The fourth-order valence-electron chi connectivity index (χ4n) is 0. The monoisotopic (exact) mass is 712 g/mol. The fourth-order valence-corrected chi connectivity index (χ4v) is 0. The van der Waals surface area contributed by atoms with Crippen molar-refractivity contribution in [1.82, 2.24) is 0 Å². The second-order valence-corrected chi connectivity index (χ2v) is 3.60. The van der Waals surface area contributed by atoms with Crippen molar-refractivity contribution in [2.75, 3.05) is 0 Å². The van der Waals surface area contributed by atoms with E-state index in [2.05, 4.69) is 0 Å². The topological polar surface area (TPSA) is 331 Å². The van der Waals surface area contributed by atoms with Crippen molar-refractivity contribution in [2.45, 2.75) is 6.92 Å². The van der Waals surface area contributed by atoms with Gasteiger partial charge in [-0.15, -0.1) is 0 Å². The Hall–Kier alpha value is 3.59. The van der Waals surface area contributed by atoms with E-state index in [1.807, 2.05) is 0 Å². The average molecular weight is 720 g/mol. The number of carboxylic acids is 1. The van der Waals surface area contributed by atoms with Crippen molar-refractivity contribution < 1.29 is 188 Å². The molecule has 132 valence electrons. The number of carbonyl (C=O) groups is 1. The fraction of sp³-hybridized carbons (Fsp3) is 0.500. The van der Waals surface area contributed by atoms with Gasteiger partial charge < -0.3 is 36.8 Å². The standard InChI is InChI=1S/C2H4O2.2H3O4P.4H2O.6Zn/c1-2(3)4;2*1-5(2,3)4;;;;;;;;;;/h1H3,(H,3,4);2*(H3,1,2,3,4);4*1H2;;;;;;. The van der Waals surface area contributed by atoms with Gasteiger partial charge in [-0.05, 0) is 0 Å². The number of hydrogen-bond acceptors (Lipinski definition) is 9. The van der Waals surface area contributed by atoms with E-state index < -0.39 is 22.3 Å². The van der Waals surface area contributed by atoms with Gasteiger partial charge in [0, 0.05) is 124 Å². The molecular weight excluding hydrogens is 702 g/mol. The SMILES string of the molecule is CC(=O)O.O.O.O.O.[O-][P+](O)(O)O.[O-][P+](O)(O)O.[Zn].[Zn].[Zn].[Zn].[Zn].[Zn]. The Morgan fingerprint density at radius 2 is 0.625 bits per heavy atom. The Morgan fingerprint density at radius 1 is 0.625 bits per heavy atom. The molecule has 0 heterocycles. The van der Waals surface area contributed by atoms with Crippen LogP contribution >= 0.6 is 16.3 Å². The third-order valence-corrected chi connectivity index (χ3v) is 0. The molecule has 22 heteroatoms. The van der Waals surface area contributed by atoms with E-state index >= 15 is 0 Å². The zero-order chi connectivity index (χ0) is 12.6. The first-order valence-corrected chi connectivity index (χ1v) is 5.62. The van der Waals surface area contributed by atoms with Gasteiger partial charge in [0.25, 0.3) is 5.97 Å². The number of rotatable bonds is 0. The van der Waals surface area contributed by atoms with Crippen LogP contribution in [0, 0.1) is 0 Å². The minimum Gasteiger partial charge on any atom is -0.606 e. The molecule has 0 aromatic heterocycles. The molecule has 0 rings (SSSR count). The summed E-state index contributed by atoms with van der Waals surface area (Å²) in [5.74, 6) is -0.833. The van der Waals surface area contributed by atoms with Gasteiger partial charge in [-0.3, -0.25) is 4.79 Å². The van der Waals surface area contributed by atoms with Crippen LogP contribution in [0.5, 0.6) is 0 Å². The van der Waals surface area contributed by atoms with Gasteiger partial charge in [0.2, 0.25) is 0 Å². The maximum atomic E-state index is 9.00. The Labute approximate surface area is 215 Å². The third-order valence-electron chi connectivity index (χ3n) is 0. The van der Waals surface area contributed by atoms with E-state index in [9.17, 15) is 0 Å². The minimum absolute atomic E-state index is 0. The number of aliphatic carboxylic acids is 1. The minimum atomic E-state index is -4.64. The van der Waals surface area contributed by atoms with Crippen LogP contribution in [0.2, 0.25) is 0 Å². The van der Waals surface area contributed by atoms with Crippen molar-refractivity contribution in [3.8, 4) is 0 Å². The van der Waals surface area contributed by atoms with Crippen molar-refractivity contribution in [1.29, 1.82) is 0 Å². The number of carboxylic acid groups (broad SMARTS) is 1. The van der Waals surface area contributed by atoms with Crippen molar-refractivity contribution in [2.24, 2.45) is 0 Å². The predicted octanol–water partition coefficient (Wildman–Crippen LogP) is -7.22. The molecule has 24 heavy (non-hydrogen) atoms. The molecule has 14 nitrogen and oxygen atoms in total. The predicted molar refractivity (Wildman–Crippen MR) is 54.9 cm³/mol. The molecule has 15 N–H and O–H groups in total. The van der Waals surface area contributed by atoms with E-state index in [0.717, 1.165) is 6.92 Å². The molecular formula is C2H18O14P2Zn6. The molecule has 0 bridgehead atoms. The van der Waals surface area contributed by atoms with E-state index in [1.165, 1.54) is 0 Å². The smallest absolute Gasteiger partial charge is 0.371 e. The van der Waals surface area contributed by atoms with Crippen molar-refractivity contribution >= 4 is 22.3 Å². The summed E-state index contributed by atoms with van der Waals surface area (Å²) in [7, 11) is -9.28. The Bertz CT molecular complexity index is 136. The van der Waals surface area contributed by atoms with Crippen LogP contribution in [0.25, 0.3) is 0 Å². The van der Waals surface area contributed by atoms with E-state index in [4.69, 9.17) is 49.0 Å². The maximum Gasteiger partial charge on any atom is 0.371 e. The summed E-state index contributed by atoms with van der Waals surface area (Å²) in [6.45, 7) is 1.08. The summed E-state index contributed by atoms with van der Waals surface area (Å²) in [5, 5.41) is 7.42. The van der Waals surface area contributed by atoms with Crippen LogP contribution in [0.3, 0.4) is 0 Å². The molecule has 0 aromatic rings. The van der Waals surface area contributed by atoms with Crippen LogP contribution < -0.4 is 9.79 Å². The summed E-state index contributed by atoms with van der Waals surface area (Å²) in [5.41, 5.74) is 0. The molecule has 0 fully saturated rings. The summed E-state index contributed by atoms with van der Waals surface area (Å²) in [6.07, 6.45) is 0. The Kier molecular flexibility index (Phi) is 192.